The van der Waals surface area contributed by atoms with E-state index in [9.17, 15) is 4.79 Å². The minimum atomic E-state index is -0.0460. The smallest absolute Gasteiger partial charge is 0.232 e. The van der Waals surface area contributed by atoms with Crippen molar-refractivity contribution in [3.05, 3.63) is 0 Å². The first kappa shape index (κ1) is 16.8. The fraction of sp³-hybridized carbons (Fsp3) is 0.750. The van der Waals surface area contributed by atoms with E-state index in [0.717, 1.165) is 0 Å². The Labute approximate surface area is 112 Å². The molecule has 6 heteroatoms. The maximum absolute atomic E-state index is 11.9. The number of hydrogen-bond acceptors (Lipinski definition) is 5. The third-order valence-corrected chi connectivity index (χ3v) is 3.59. The molecule has 5 nitrogen and oxygen atoms in total. The average molecular weight is 269 g/mol. The van der Waals surface area contributed by atoms with Gasteiger partial charge in [-0.1, -0.05) is 6.92 Å². The second-order valence-corrected chi connectivity index (χ2v) is 5.26. The number of aliphatic hydroxyl groups excluding tert-OH is 1. The monoisotopic (exact) mass is 269 g/mol. The van der Waals surface area contributed by atoms with Crippen LogP contribution in [0.5, 0.6) is 0 Å². The second kappa shape index (κ2) is 10.9. The molecule has 1 atom stereocenters. The van der Waals surface area contributed by atoms with Gasteiger partial charge >= 0.3 is 0 Å². The van der Waals surface area contributed by atoms with Crippen molar-refractivity contribution in [3.8, 4) is 12.1 Å². The molecule has 1 N–H and O–H groups in total. The largest absolute Gasteiger partial charge is 0.396 e. The van der Waals surface area contributed by atoms with Crippen molar-refractivity contribution in [3.63, 3.8) is 0 Å². The molecule has 0 aliphatic heterocycles. The van der Waals surface area contributed by atoms with Gasteiger partial charge in [-0.2, -0.15) is 10.5 Å². The van der Waals surface area contributed by atoms with E-state index in [1.54, 1.807) is 4.90 Å². The van der Waals surface area contributed by atoms with Gasteiger partial charge in [0, 0.05) is 24.9 Å². The lowest BCUT2D eigenvalue weighted by Crippen LogP contribution is -2.34. The van der Waals surface area contributed by atoms with Gasteiger partial charge in [0.15, 0.2) is 0 Å². The van der Waals surface area contributed by atoms with Crippen LogP contribution in [0.1, 0.15) is 26.2 Å². The summed E-state index contributed by atoms with van der Waals surface area (Å²) in [4.78, 5) is 13.4. The van der Waals surface area contributed by atoms with Gasteiger partial charge in [-0.3, -0.25) is 4.79 Å². The molecular weight excluding hydrogens is 250 g/mol. The van der Waals surface area contributed by atoms with Crippen LogP contribution in [0.2, 0.25) is 0 Å². The second-order valence-electron chi connectivity index (χ2n) is 3.83. The molecule has 0 bridgehead atoms. The Morgan fingerprint density at radius 1 is 1.33 bits per heavy atom. The standard InChI is InChI=1S/C12H19N3O2S/c1-11(4-9-16)18-10-12(17)15(7-2-5-13)8-3-6-14/h11,16H,2-4,7-10H2,1H3. The van der Waals surface area contributed by atoms with Gasteiger partial charge in [-0.15, -0.1) is 11.8 Å². The summed E-state index contributed by atoms with van der Waals surface area (Å²) in [7, 11) is 0. The zero-order valence-electron chi connectivity index (χ0n) is 10.6. The van der Waals surface area contributed by atoms with Crippen LogP contribution in [0.25, 0.3) is 0 Å². The molecule has 100 valence electrons. The van der Waals surface area contributed by atoms with Gasteiger partial charge in [0.25, 0.3) is 0 Å². The molecule has 18 heavy (non-hydrogen) atoms. The first-order valence-corrected chi connectivity index (χ1v) is 6.94. The van der Waals surface area contributed by atoms with Crippen LogP contribution in [0.15, 0.2) is 0 Å². The molecule has 0 spiro atoms. The molecule has 0 rings (SSSR count). The Kier molecular flexibility index (Phi) is 10.1. The summed E-state index contributed by atoms with van der Waals surface area (Å²) in [6, 6.07) is 4.00. The number of amides is 1. The predicted molar refractivity (Wildman–Crippen MR) is 70.7 cm³/mol. The maximum Gasteiger partial charge on any atom is 0.232 e. The van der Waals surface area contributed by atoms with E-state index >= 15 is 0 Å². The normalized spacial score (nSPS) is 11.3. The number of aliphatic hydroxyl groups is 1. The van der Waals surface area contributed by atoms with Crippen molar-refractivity contribution in [1.29, 1.82) is 10.5 Å². The summed E-state index contributed by atoms with van der Waals surface area (Å²) in [5, 5.41) is 26.0. The number of rotatable bonds is 9. The highest BCUT2D eigenvalue weighted by Crippen LogP contribution is 2.14. The van der Waals surface area contributed by atoms with Crippen LogP contribution in [0, 0.1) is 22.7 Å². The summed E-state index contributed by atoms with van der Waals surface area (Å²) in [5.41, 5.74) is 0. The molecule has 0 aliphatic rings. The van der Waals surface area contributed by atoms with Crippen molar-refractivity contribution < 1.29 is 9.90 Å². The zero-order valence-corrected chi connectivity index (χ0v) is 11.4. The molecule has 0 fully saturated rings. The summed E-state index contributed by atoms with van der Waals surface area (Å²) in [5.74, 6) is 0.285. The van der Waals surface area contributed by atoms with E-state index in [4.69, 9.17) is 15.6 Å². The van der Waals surface area contributed by atoms with Crippen LogP contribution in [-0.4, -0.2) is 46.6 Å². The lowest BCUT2D eigenvalue weighted by Gasteiger charge is -2.21. The zero-order chi connectivity index (χ0) is 13.8. The third-order valence-electron chi connectivity index (χ3n) is 2.37. The average Bonchev–Trinajstić information content (AvgIpc) is 2.36. The lowest BCUT2D eigenvalue weighted by atomic mass is 10.3. The minimum absolute atomic E-state index is 0.0460. The summed E-state index contributed by atoms with van der Waals surface area (Å²) in [6.07, 6.45) is 1.23. The third kappa shape index (κ3) is 7.94. The Bertz CT molecular complexity index is 304. The number of hydrogen-bond donors (Lipinski definition) is 1. The van der Waals surface area contributed by atoms with E-state index in [1.807, 2.05) is 19.1 Å². The summed E-state index contributed by atoms with van der Waals surface area (Å²) >= 11 is 1.49. The topological polar surface area (TPSA) is 88.1 Å². The molecule has 1 amide bonds. The fourth-order valence-corrected chi connectivity index (χ4v) is 2.18. The minimum Gasteiger partial charge on any atom is -0.396 e. The highest BCUT2D eigenvalue weighted by molar-refractivity contribution is 8.00. The highest BCUT2D eigenvalue weighted by atomic mass is 32.2. The van der Waals surface area contributed by atoms with E-state index in [-0.39, 0.29) is 30.6 Å². The van der Waals surface area contributed by atoms with Gasteiger partial charge in [-0.25, -0.2) is 0 Å². The molecule has 0 heterocycles. The van der Waals surface area contributed by atoms with Crippen molar-refractivity contribution in [2.75, 3.05) is 25.4 Å². The van der Waals surface area contributed by atoms with Gasteiger partial charge in [-0.05, 0) is 6.42 Å². The van der Waals surface area contributed by atoms with Gasteiger partial charge in [0.05, 0.1) is 30.7 Å². The maximum atomic E-state index is 11.9. The highest BCUT2D eigenvalue weighted by Gasteiger charge is 2.14. The molecule has 0 saturated heterocycles. The van der Waals surface area contributed by atoms with Crippen LogP contribution >= 0.6 is 11.8 Å². The van der Waals surface area contributed by atoms with E-state index in [0.29, 0.717) is 25.3 Å². The molecule has 0 aliphatic carbocycles. The summed E-state index contributed by atoms with van der Waals surface area (Å²) < 4.78 is 0. The first-order valence-electron chi connectivity index (χ1n) is 5.89. The molecular formula is C12H19N3O2S. The fourth-order valence-electron chi connectivity index (χ4n) is 1.30. The van der Waals surface area contributed by atoms with Crippen LogP contribution < -0.4 is 0 Å². The van der Waals surface area contributed by atoms with Crippen molar-refractivity contribution >= 4 is 17.7 Å². The predicted octanol–water partition coefficient (Wildman–Crippen LogP) is 1.15. The molecule has 0 aromatic heterocycles. The SMILES string of the molecule is CC(CCO)SCC(=O)N(CCC#N)CCC#N. The van der Waals surface area contributed by atoms with Crippen LogP contribution in [0.4, 0.5) is 0 Å². The van der Waals surface area contributed by atoms with Crippen molar-refractivity contribution in [2.45, 2.75) is 31.4 Å². The molecule has 0 radical (unpaired) electrons. The molecule has 0 saturated carbocycles. The van der Waals surface area contributed by atoms with Crippen molar-refractivity contribution in [1.82, 2.24) is 4.90 Å². The number of nitriles is 2. The molecule has 1 unspecified atom stereocenters. The Hall–Kier alpha value is -1.24. The number of carbonyl (C=O) groups excluding carboxylic acids is 1. The molecule has 0 aromatic carbocycles. The van der Waals surface area contributed by atoms with E-state index in [1.165, 1.54) is 11.8 Å². The van der Waals surface area contributed by atoms with E-state index < -0.39 is 0 Å². The van der Waals surface area contributed by atoms with Gasteiger partial charge in [0.1, 0.15) is 0 Å². The Morgan fingerprint density at radius 2 is 1.89 bits per heavy atom. The van der Waals surface area contributed by atoms with Crippen LogP contribution in [0.3, 0.4) is 0 Å². The number of nitrogens with zero attached hydrogens (tertiary/aromatic N) is 3. The first-order chi connectivity index (χ1) is 8.65. The van der Waals surface area contributed by atoms with Crippen LogP contribution in [-0.2, 0) is 4.79 Å². The lowest BCUT2D eigenvalue weighted by molar-refractivity contribution is -0.128. The Balaban J connectivity index is 4.12. The molecule has 0 aromatic rings. The number of thioether (sulfide) groups is 1. The summed E-state index contributed by atoms with van der Waals surface area (Å²) in [6.45, 7) is 2.84. The van der Waals surface area contributed by atoms with Gasteiger partial charge < -0.3 is 10.0 Å². The quantitative estimate of drug-likeness (QED) is 0.678. The van der Waals surface area contributed by atoms with Gasteiger partial charge in [0.2, 0.25) is 5.91 Å². The van der Waals surface area contributed by atoms with E-state index in [2.05, 4.69) is 0 Å². The van der Waals surface area contributed by atoms with Crippen molar-refractivity contribution in [2.24, 2.45) is 0 Å². The number of carbonyl (C=O) groups is 1. The Morgan fingerprint density at radius 3 is 2.33 bits per heavy atom.